The van der Waals surface area contributed by atoms with E-state index >= 15 is 0 Å². The molecule has 0 saturated carbocycles. The molecule has 4 aromatic rings. The van der Waals surface area contributed by atoms with E-state index in [0.717, 1.165) is 27.6 Å². The van der Waals surface area contributed by atoms with Gasteiger partial charge >= 0.3 is 0 Å². The second kappa shape index (κ2) is 6.39. The van der Waals surface area contributed by atoms with Crippen molar-refractivity contribution in [1.82, 2.24) is 15.2 Å². The summed E-state index contributed by atoms with van der Waals surface area (Å²) in [6, 6.07) is 16.9. The van der Waals surface area contributed by atoms with E-state index in [1.165, 1.54) is 6.92 Å². The minimum absolute atomic E-state index is 0.150. The second-order valence-corrected chi connectivity index (χ2v) is 6.24. The number of aromatic amines is 1. The number of rotatable bonds is 3. The maximum Gasteiger partial charge on any atom is 0.163 e. The van der Waals surface area contributed by atoms with Crippen molar-refractivity contribution in [1.29, 1.82) is 5.26 Å². The molecule has 0 aliphatic rings. The van der Waals surface area contributed by atoms with Crippen LogP contribution in [0.4, 0.5) is 5.82 Å². The Morgan fingerprint density at radius 3 is 2.78 bits per heavy atom. The van der Waals surface area contributed by atoms with E-state index < -0.39 is 0 Å². The number of ketones is 1. The van der Waals surface area contributed by atoms with Gasteiger partial charge in [-0.2, -0.15) is 10.4 Å². The first-order valence-electron chi connectivity index (χ1n) is 8.32. The highest BCUT2D eigenvalue weighted by Gasteiger charge is 2.16. The van der Waals surface area contributed by atoms with Crippen molar-refractivity contribution in [3.63, 3.8) is 0 Å². The smallest absolute Gasteiger partial charge is 0.163 e. The van der Waals surface area contributed by atoms with Gasteiger partial charge in [0.15, 0.2) is 5.78 Å². The molecule has 0 saturated heterocycles. The van der Waals surface area contributed by atoms with E-state index in [1.54, 1.807) is 30.5 Å². The van der Waals surface area contributed by atoms with Crippen LogP contribution in [-0.2, 0) is 0 Å². The standard InChI is InChI=1S/C21H15N5O/c1-12(27)17-9-18(14-5-6-19-16(8-14)11-24-26-19)20(25-21(17)23)15-4-2-3-13(7-15)10-22/h2-9,11H,1H3,(H2,23,25)(H,24,26). The first-order chi connectivity index (χ1) is 13.1. The maximum atomic E-state index is 12.0. The van der Waals surface area contributed by atoms with Crippen LogP contribution in [-0.4, -0.2) is 21.0 Å². The number of nitrogens with zero attached hydrogens (tertiary/aromatic N) is 3. The number of nitriles is 1. The predicted octanol–water partition coefficient (Wildman–Crippen LogP) is 3.95. The fourth-order valence-corrected chi connectivity index (χ4v) is 3.10. The van der Waals surface area contributed by atoms with Crippen molar-refractivity contribution in [2.75, 3.05) is 5.73 Å². The van der Waals surface area contributed by atoms with Gasteiger partial charge in [0.2, 0.25) is 0 Å². The minimum atomic E-state index is -0.150. The number of nitrogens with two attached hydrogens (primary N) is 1. The fraction of sp³-hybridized carbons (Fsp3) is 0.0476. The molecule has 2 heterocycles. The molecule has 130 valence electrons. The van der Waals surface area contributed by atoms with Crippen molar-refractivity contribution in [3.8, 4) is 28.5 Å². The second-order valence-electron chi connectivity index (χ2n) is 6.24. The zero-order valence-electron chi connectivity index (χ0n) is 14.5. The Balaban J connectivity index is 2.01. The molecule has 0 radical (unpaired) electrons. The topological polar surface area (TPSA) is 108 Å². The molecule has 0 aliphatic heterocycles. The zero-order chi connectivity index (χ0) is 19.0. The Bertz CT molecular complexity index is 1230. The minimum Gasteiger partial charge on any atom is -0.383 e. The summed E-state index contributed by atoms with van der Waals surface area (Å²) < 4.78 is 0. The lowest BCUT2D eigenvalue weighted by molar-refractivity contribution is 0.101. The van der Waals surface area contributed by atoms with Gasteiger partial charge in [-0.25, -0.2) is 4.98 Å². The Morgan fingerprint density at radius 1 is 1.15 bits per heavy atom. The molecule has 6 heteroatoms. The van der Waals surface area contributed by atoms with E-state index in [1.807, 2.05) is 24.3 Å². The first-order valence-corrected chi connectivity index (χ1v) is 8.32. The number of benzene rings is 2. The van der Waals surface area contributed by atoms with Crippen molar-refractivity contribution in [2.24, 2.45) is 0 Å². The number of hydrogen-bond donors (Lipinski definition) is 2. The lowest BCUT2D eigenvalue weighted by atomic mass is 9.95. The number of carbonyl (C=O) groups is 1. The summed E-state index contributed by atoms with van der Waals surface area (Å²) >= 11 is 0. The molecule has 0 unspecified atom stereocenters. The summed E-state index contributed by atoms with van der Waals surface area (Å²) in [4.78, 5) is 16.5. The molecular formula is C21H15N5O. The fourth-order valence-electron chi connectivity index (χ4n) is 3.10. The molecule has 3 N–H and O–H groups in total. The maximum absolute atomic E-state index is 12.0. The molecule has 2 aromatic carbocycles. The van der Waals surface area contributed by atoms with Gasteiger partial charge in [-0.1, -0.05) is 18.2 Å². The van der Waals surface area contributed by atoms with E-state index in [2.05, 4.69) is 21.3 Å². The largest absolute Gasteiger partial charge is 0.383 e. The van der Waals surface area contributed by atoms with E-state index in [-0.39, 0.29) is 11.6 Å². The zero-order valence-corrected chi connectivity index (χ0v) is 14.5. The van der Waals surface area contributed by atoms with Crippen LogP contribution in [0.2, 0.25) is 0 Å². The van der Waals surface area contributed by atoms with Crippen molar-refractivity contribution in [3.05, 3.63) is 65.9 Å². The summed E-state index contributed by atoms with van der Waals surface area (Å²) in [6.45, 7) is 1.46. The highest BCUT2D eigenvalue weighted by molar-refractivity contribution is 6.01. The summed E-state index contributed by atoms with van der Waals surface area (Å²) in [5.74, 6) is 0.0240. The highest BCUT2D eigenvalue weighted by Crippen LogP contribution is 2.34. The molecule has 0 amide bonds. The normalized spacial score (nSPS) is 10.7. The lowest BCUT2D eigenvalue weighted by Crippen LogP contribution is -2.05. The number of fused-ring (bicyclic) bond motifs is 1. The van der Waals surface area contributed by atoms with Gasteiger partial charge in [0.25, 0.3) is 0 Å². The third-order valence-corrected chi connectivity index (χ3v) is 4.45. The van der Waals surface area contributed by atoms with E-state index in [4.69, 9.17) is 5.73 Å². The van der Waals surface area contributed by atoms with Gasteiger partial charge in [0.1, 0.15) is 5.82 Å². The molecule has 0 atom stereocenters. The molecule has 2 aromatic heterocycles. The SMILES string of the molecule is CC(=O)c1cc(-c2ccc3[nH]ncc3c2)c(-c2cccc(C#N)c2)nc1N. The van der Waals surface area contributed by atoms with Crippen LogP contribution in [0.5, 0.6) is 0 Å². The Labute approximate surface area is 155 Å². The van der Waals surface area contributed by atoms with Crippen LogP contribution < -0.4 is 5.73 Å². The number of hydrogen-bond acceptors (Lipinski definition) is 5. The third kappa shape index (κ3) is 2.92. The van der Waals surface area contributed by atoms with E-state index in [0.29, 0.717) is 16.8 Å². The summed E-state index contributed by atoms with van der Waals surface area (Å²) in [6.07, 6.45) is 1.74. The van der Waals surface area contributed by atoms with Gasteiger partial charge < -0.3 is 5.73 Å². The van der Waals surface area contributed by atoms with Gasteiger partial charge in [0.05, 0.1) is 34.6 Å². The number of aromatic nitrogens is 3. The van der Waals surface area contributed by atoms with Crippen LogP contribution in [0.1, 0.15) is 22.8 Å². The third-order valence-electron chi connectivity index (χ3n) is 4.45. The molecular weight excluding hydrogens is 338 g/mol. The van der Waals surface area contributed by atoms with Crippen LogP contribution in [0, 0.1) is 11.3 Å². The number of carbonyl (C=O) groups excluding carboxylic acids is 1. The van der Waals surface area contributed by atoms with E-state index in [9.17, 15) is 10.1 Å². The number of anilines is 1. The quantitative estimate of drug-likeness (QED) is 0.542. The summed E-state index contributed by atoms with van der Waals surface area (Å²) in [5, 5.41) is 17.1. The van der Waals surface area contributed by atoms with Crippen LogP contribution >= 0.6 is 0 Å². The van der Waals surface area contributed by atoms with Gasteiger partial charge in [0, 0.05) is 16.5 Å². The number of Topliss-reactive ketones (excluding diaryl/α,β-unsaturated/α-hetero) is 1. The molecule has 0 aliphatic carbocycles. The summed E-state index contributed by atoms with van der Waals surface area (Å²) in [7, 11) is 0. The molecule has 0 spiro atoms. The molecule has 4 rings (SSSR count). The number of nitrogens with one attached hydrogen (secondary N) is 1. The van der Waals surface area contributed by atoms with Crippen LogP contribution in [0.3, 0.4) is 0 Å². The average molecular weight is 353 g/mol. The van der Waals surface area contributed by atoms with Crippen LogP contribution in [0.15, 0.2) is 54.7 Å². The average Bonchev–Trinajstić information content (AvgIpc) is 3.15. The van der Waals surface area contributed by atoms with Gasteiger partial charge in [-0.05, 0) is 42.8 Å². The monoisotopic (exact) mass is 353 g/mol. The van der Waals surface area contributed by atoms with Gasteiger partial charge in [-0.3, -0.25) is 9.89 Å². The number of pyridine rings is 1. The van der Waals surface area contributed by atoms with Gasteiger partial charge in [-0.15, -0.1) is 0 Å². The number of nitrogen functional groups attached to an aromatic ring is 1. The van der Waals surface area contributed by atoms with Crippen molar-refractivity contribution >= 4 is 22.5 Å². The summed E-state index contributed by atoms with van der Waals surface area (Å²) in [5.41, 5.74) is 10.9. The Morgan fingerprint density at radius 2 is 2.00 bits per heavy atom. The predicted molar refractivity (Wildman–Crippen MR) is 104 cm³/mol. The van der Waals surface area contributed by atoms with Crippen molar-refractivity contribution < 1.29 is 4.79 Å². The first kappa shape index (κ1) is 16.5. The molecule has 0 fully saturated rings. The van der Waals surface area contributed by atoms with Crippen LogP contribution in [0.25, 0.3) is 33.3 Å². The Hall–Kier alpha value is -3.98. The molecule has 6 nitrogen and oxygen atoms in total. The molecule has 0 bridgehead atoms. The lowest BCUT2D eigenvalue weighted by Gasteiger charge is -2.13. The number of H-pyrrole nitrogens is 1. The highest BCUT2D eigenvalue weighted by atomic mass is 16.1. The molecule has 27 heavy (non-hydrogen) atoms. The van der Waals surface area contributed by atoms with Crippen molar-refractivity contribution in [2.45, 2.75) is 6.92 Å². The Kier molecular flexibility index (Phi) is 3.90.